The van der Waals surface area contributed by atoms with Gasteiger partial charge in [0.15, 0.2) is 5.11 Å². The third-order valence-electron chi connectivity index (χ3n) is 4.77. The molecule has 0 radical (unpaired) electrons. The summed E-state index contributed by atoms with van der Waals surface area (Å²) in [5.41, 5.74) is 1.46. The summed E-state index contributed by atoms with van der Waals surface area (Å²) >= 11 is 11.4. The molecule has 10 heteroatoms. The summed E-state index contributed by atoms with van der Waals surface area (Å²) in [6.07, 6.45) is 1.29. The first kappa shape index (κ1) is 21.4. The van der Waals surface area contributed by atoms with Gasteiger partial charge in [-0.05, 0) is 55.0 Å². The van der Waals surface area contributed by atoms with E-state index in [0.29, 0.717) is 22.0 Å². The molecule has 0 saturated carbocycles. The zero-order valence-electron chi connectivity index (χ0n) is 16.5. The molecule has 0 unspecified atom stereocenters. The van der Waals surface area contributed by atoms with Crippen molar-refractivity contribution in [3.05, 3.63) is 86.6 Å². The van der Waals surface area contributed by atoms with E-state index in [-0.39, 0.29) is 22.1 Å². The highest BCUT2D eigenvalue weighted by atomic mass is 35.5. The minimum Gasteiger partial charge on any atom is -0.457 e. The maximum atomic E-state index is 13.1. The Bertz CT molecular complexity index is 1330. The highest BCUT2D eigenvalue weighted by Crippen LogP contribution is 2.29. The van der Waals surface area contributed by atoms with Crippen molar-refractivity contribution in [1.29, 1.82) is 0 Å². The van der Waals surface area contributed by atoms with Gasteiger partial charge in [-0.3, -0.25) is 29.9 Å². The van der Waals surface area contributed by atoms with Crippen LogP contribution in [0.15, 0.2) is 64.6 Å². The van der Waals surface area contributed by atoms with Crippen LogP contribution in [-0.4, -0.2) is 21.9 Å². The van der Waals surface area contributed by atoms with E-state index < -0.39 is 16.7 Å². The topological polar surface area (TPSA) is 106 Å². The van der Waals surface area contributed by atoms with Crippen molar-refractivity contribution in [1.82, 2.24) is 5.32 Å². The van der Waals surface area contributed by atoms with Gasteiger partial charge >= 0.3 is 0 Å². The van der Waals surface area contributed by atoms with Crippen LogP contribution in [0.3, 0.4) is 0 Å². The number of carbonyl (C=O) groups is 2. The summed E-state index contributed by atoms with van der Waals surface area (Å²) in [4.78, 5) is 37.2. The van der Waals surface area contributed by atoms with Gasteiger partial charge in [0.1, 0.15) is 17.1 Å². The molecule has 1 aromatic heterocycles. The van der Waals surface area contributed by atoms with Crippen LogP contribution in [0, 0.1) is 17.0 Å². The molecule has 3 aromatic rings. The summed E-state index contributed by atoms with van der Waals surface area (Å²) in [7, 11) is 0. The standard InChI is InChI=1S/C22H14ClN3O5S/c1-12-5-6-14(10-18(12)23)25-21(28)17(20(27)24-22(25)32)11-16-7-8-19(31-16)13-3-2-4-15(9-13)26(29)30/h2-11H,1H3,(H,24,27,32)/b17-11+. The lowest BCUT2D eigenvalue weighted by molar-refractivity contribution is -0.384. The average molecular weight is 468 g/mol. The molecule has 8 nitrogen and oxygen atoms in total. The summed E-state index contributed by atoms with van der Waals surface area (Å²) in [6.45, 7) is 1.82. The fraction of sp³-hybridized carbons (Fsp3) is 0.0455. The van der Waals surface area contributed by atoms with E-state index in [4.69, 9.17) is 28.2 Å². The lowest BCUT2D eigenvalue weighted by atomic mass is 10.1. The van der Waals surface area contributed by atoms with Crippen molar-refractivity contribution >= 4 is 58.2 Å². The number of halogens is 1. The number of nitro groups is 1. The number of non-ortho nitro benzene ring substituents is 1. The maximum Gasteiger partial charge on any atom is 0.270 e. The third-order valence-corrected chi connectivity index (χ3v) is 5.46. The highest BCUT2D eigenvalue weighted by Gasteiger charge is 2.35. The number of rotatable bonds is 4. The van der Waals surface area contributed by atoms with Crippen molar-refractivity contribution in [2.75, 3.05) is 4.90 Å². The number of nitro benzene ring substituents is 1. The lowest BCUT2D eigenvalue weighted by Gasteiger charge is -2.29. The van der Waals surface area contributed by atoms with Gasteiger partial charge in [-0.15, -0.1) is 0 Å². The van der Waals surface area contributed by atoms with Gasteiger partial charge < -0.3 is 4.42 Å². The van der Waals surface area contributed by atoms with E-state index in [1.807, 2.05) is 6.92 Å². The Hall–Kier alpha value is -3.82. The number of hydrogen-bond acceptors (Lipinski definition) is 6. The van der Waals surface area contributed by atoms with Crippen LogP contribution < -0.4 is 10.2 Å². The Labute approximate surface area is 192 Å². The fourth-order valence-electron chi connectivity index (χ4n) is 3.11. The molecule has 160 valence electrons. The highest BCUT2D eigenvalue weighted by molar-refractivity contribution is 7.80. The van der Waals surface area contributed by atoms with Crippen LogP contribution in [0.4, 0.5) is 11.4 Å². The molecule has 2 heterocycles. The second kappa shape index (κ2) is 8.37. The molecule has 1 aliphatic heterocycles. The molecule has 1 aliphatic rings. The molecule has 4 rings (SSSR count). The number of nitrogens with one attached hydrogen (secondary N) is 1. The van der Waals surface area contributed by atoms with Gasteiger partial charge in [0.2, 0.25) is 0 Å². The van der Waals surface area contributed by atoms with E-state index in [0.717, 1.165) is 5.56 Å². The van der Waals surface area contributed by atoms with Crippen LogP contribution in [0.2, 0.25) is 5.02 Å². The Balaban J connectivity index is 1.67. The summed E-state index contributed by atoms with van der Waals surface area (Å²) < 4.78 is 5.70. The first-order valence-electron chi connectivity index (χ1n) is 9.27. The van der Waals surface area contributed by atoms with Crippen LogP contribution in [0.5, 0.6) is 0 Å². The largest absolute Gasteiger partial charge is 0.457 e. The second-order valence-corrected chi connectivity index (χ2v) is 7.69. The van der Waals surface area contributed by atoms with Crippen LogP contribution in [-0.2, 0) is 9.59 Å². The number of carbonyl (C=O) groups excluding carboxylic acids is 2. The van der Waals surface area contributed by atoms with Crippen molar-refractivity contribution in [2.45, 2.75) is 6.92 Å². The lowest BCUT2D eigenvalue weighted by Crippen LogP contribution is -2.54. The van der Waals surface area contributed by atoms with E-state index in [1.165, 1.54) is 29.2 Å². The number of aryl methyl sites for hydroxylation is 1. The molecule has 0 bridgehead atoms. The molecule has 1 N–H and O–H groups in total. The van der Waals surface area contributed by atoms with Gasteiger partial charge in [-0.1, -0.05) is 29.8 Å². The van der Waals surface area contributed by atoms with E-state index >= 15 is 0 Å². The average Bonchev–Trinajstić information content (AvgIpc) is 3.22. The second-order valence-electron chi connectivity index (χ2n) is 6.90. The summed E-state index contributed by atoms with van der Waals surface area (Å²) in [5.74, 6) is -0.726. The smallest absolute Gasteiger partial charge is 0.270 e. The number of hydrogen-bond donors (Lipinski definition) is 1. The molecule has 1 fully saturated rings. The maximum absolute atomic E-state index is 13.1. The fourth-order valence-corrected chi connectivity index (χ4v) is 3.57. The number of anilines is 1. The first-order chi connectivity index (χ1) is 15.2. The minimum absolute atomic E-state index is 0.0613. The minimum atomic E-state index is -0.664. The SMILES string of the molecule is Cc1ccc(N2C(=O)/C(=C/c3ccc(-c4cccc([N+](=O)[O-])c4)o3)C(=O)NC2=S)cc1Cl. The Morgan fingerprint density at radius 3 is 2.66 bits per heavy atom. The molecular weight excluding hydrogens is 454 g/mol. The zero-order chi connectivity index (χ0) is 23.0. The van der Waals surface area contributed by atoms with Crippen molar-refractivity contribution in [2.24, 2.45) is 0 Å². The quantitative estimate of drug-likeness (QED) is 0.197. The number of furan rings is 1. The molecule has 0 spiro atoms. The normalized spacial score (nSPS) is 15.2. The van der Waals surface area contributed by atoms with Gasteiger partial charge in [-0.25, -0.2) is 0 Å². The molecule has 0 atom stereocenters. The Morgan fingerprint density at radius 2 is 1.94 bits per heavy atom. The van der Waals surface area contributed by atoms with E-state index in [2.05, 4.69) is 5.32 Å². The van der Waals surface area contributed by atoms with Gasteiger partial charge in [0.05, 0.1) is 10.6 Å². The molecule has 1 saturated heterocycles. The zero-order valence-corrected chi connectivity index (χ0v) is 18.1. The third kappa shape index (κ3) is 4.03. The molecule has 2 amide bonds. The van der Waals surface area contributed by atoms with Crippen molar-refractivity contribution < 1.29 is 18.9 Å². The van der Waals surface area contributed by atoms with Gasteiger partial charge in [0, 0.05) is 22.7 Å². The number of benzene rings is 2. The van der Waals surface area contributed by atoms with Crippen LogP contribution in [0.25, 0.3) is 17.4 Å². The summed E-state index contributed by atoms with van der Waals surface area (Å²) in [6, 6.07) is 14.1. The predicted octanol–water partition coefficient (Wildman–Crippen LogP) is 4.65. The monoisotopic (exact) mass is 467 g/mol. The van der Waals surface area contributed by atoms with Crippen LogP contribution in [0.1, 0.15) is 11.3 Å². The van der Waals surface area contributed by atoms with E-state index in [1.54, 1.807) is 36.4 Å². The molecule has 2 aromatic carbocycles. The Kier molecular flexibility index (Phi) is 5.60. The van der Waals surface area contributed by atoms with Crippen molar-refractivity contribution in [3.63, 3.8) is 0 Å². The Morgan fingerprint density at radius 1 is 1.16 bits per heavy atom. The number of amides is 2. The van der Waals surface area contributed by atoms with Crippen LogP contribution >= 0.6 is 23.8 Å². The molecule has 32 heavy (non-hydrogen) atoms. The summed E-state index contributed by atoms with van der Waals surface area (Å²) in [5, 5.41) is 13.9. The predicted molar refractivity (Wildman–Crippen MR) is 123 cm³/mol. The van der Waals surface area contributed by atoms with E-state index in [9.17, 15) is 19.7 Å². The number of nitrogens with zero attached hydrogens (tertiary/aromatic N) is 2. The van der Waals surface area contributed by atoms with Gasteiger partial charge in [0.25, 0.3) is 17.5 Å². The van der Waals surface area contributed by atoms with Crippen molar-refractivity contribution in [3.8, 4) is 11.3 Å². The molecular formula is C22H14ClN3O5S. The first-order valence-corrected chi connectivity index (χ1v) is 10.1. The molecule has 0 aliphatic carbocycles. The number of thiocarbonyl (C=S) groups is 1. The van der Waals surface area contributed by atoms with Gasteiger partial charge in [-0.2, -0.15) is 0 Å².